The summed E-state index contributed by atoms with van der Waals surface area (Å²) in [7, 11) is 0. The van der Waals surface area contributed by atoms with Crippen molar-refractivity contribution in [3.8, 4) is 0 Å². The molecule has 1 aromatic heterocycles. The molecule has 0 aromatic carbocycles. The maximum atomic E-state index is 4.55. The fourth-order valence-electron chi connectivity index (χ4n) is 2.15. The third-order valence-electron chi connectivity index (χ3n) is 3.08. The van der Waals surface area contributed by atoms with E-state index in [-0.39, 0.29) is 0 Å². The van der Waals surface area contributed by atoms with Gasteiger partial charge in [0, 0.05) is 11.3 Å². The van der Waals surface area contributed by atoms with Gasteiger partial charge in [-0.25, -0.2) is 4.98 Å². The lowest BCUT2D eigenvalue weighted by Gasteiger charge is -1.91. The van der Waals surface area contributed by atoms with Gasteiger partial charge < -0.3 is 0 Å². The highest BCUT2D eigenvalue weighted by atomic mass is 32.1. The predicted molar refractivity (Wildman–Crippen MR) is 50.4 cm³/mol. The van der Waals surface area contributed by atoms with Gasteiger partial charge in [-0.2, -0.15) is 0 Å². The van der Waals surface area contributed by atoms with Gasteiger partial charge in [0.1, 0.15) is 0 Å². The summed E-state index contributed by atoms with van der Waals surface area (Å²) >= 11 is 1.80. The van der Waals surface area contributed by atoms with Gasteiger partial charge in [0.15, 0.2) is 0 Å². The lowest BCUT2D eigenvalue weighted by molar-refractivity contribution is 0.685. The van der Waals surface area contributed by atoms with Crippen molar-refractivity contribution in [2.24, 2.45) is 11.8 Å². The minimum absolute atomic E-state index is 0.849. The van der Waals surface area contributed by atoms with Crippen LogP contribution in [0.4, 0.5) is 0 Å². The van der Waals surface area contributed by atoms with Crippen molar-refractivity contribution < 1.29 is 0 Å². The third kappa shape index (κ3) is 1.09. The summed E-state index contributed by atoms with van der Waals surface area (Å²) in [5.74, 6) is 2.95. The van der Waals surface area contributed by atoms with E-state index in [1.54, 1.807) is 11.3 Å². The minimum atomic E-state index is 0.849. The van der Waals surface area contributed by atoms with Crippen LogP contribution in [0.15, 0.2) is 5.38 Å². The van der Waals surface area contributed by atoms with Crippen molar-refractivity contribution in [1.82, 2.24) is 4.98 Å². The number of rotatable bonds is 2. The Morgan fingerprint density at radius 1 is 1.50 bits per heavy atom. The first kappa shape index (κ1) is 7.07. The molecule has 0 aliphatic heterocycles. The van der Waals surface area contributed by atoms with Gasteiger partial charge in [-0.15, -0.1) is 11.3 Å². The average molecular weight is 179 g/mol. The summed E-state index contributed by atoms with van der Waals surface area (Å²) in [6.07, 6.45) is 4.41. The molecule has 2 saturated carbocycles. The first-order valence-electron chi connectivity index (χ1n) is 4.76. The highest BCUT2D eigenvalue weighted by Crippen LogP contribution is 2.59. The summed E-state index contributed by atoms with van der Waals surface area (Å²) in [4.78, 5) is 4.55. The van der Waals surface area contributed by atoms with Gasteiger partial charge >= 0.3 is 0 Å². The van der Waals surface area contributed by atoms with Gasteiger partial charge in [0.05, 0.1) is 10.7 Å². The van der Waals surface area contributed by atoms with Gasteiger partial charge in [0.25, 0.3) is 0 Å². The molecule has 12 heavy (non-hydrogen) atoms. The first-order chi connectivity index (χ1) is 5.84. The highest BCUT2D eigenvalue weighted by molar-refractivity contribution is 7.09. The number of aryl methyl sites for hydroxylation is 1. The molecule has 1 nitrogen and oxygen atoms in total. The number of thiazole rings is 1. The second-order valence-electron chi connectivity index (χ2n) is 4.13. The quantitative estimate of drug-likeness (QED) is 0.680. The zero-order chi connectivity index (χ0) is 8.13. The lowest BCUT2D eigenvalue weighted by Crippen LogP contribution is -1.85. The van der Waals surface area contributed by atoms with Crippen LogP contribution in [0.1, 0.15) is 35.9 Å². The van der Waals surface area contributed by atoms with E-state index < -0.39 is 0 Å². The Balaban J connectivity index is 1.75. The predicted octanol–water partition coefficient (Wildman–Crippen LogP) is 2.97. The Hall–Kier alpha value is -0.370. The van der Waals surface area contributed by atoms with E-state index in [2.05, 4.69) is 17.3 Å². The molecule has 0 saturated heterocycles. The van der Waals surface area contributed by atoms with Crippen LogP contribution < -0.4 is 0 Å². The molecule has 2 unspecified atom stereocenters. The molecule has 0 N–H and O–H groups in total. The van der Waals surface area contributed by atoms with Crippen LogP contribution in [0.5, 0.6) is 0 Å². The summed E-state index contributed by atoms with van der Waals surface area (Å²) in [5.41, 5.74) is 1.38. The van der Waals surface area contributed by atoms with E-state index in [1.807, 2.05) is 0 Å². The van der Waals surface area contributed by atoms with E-state index >= 15 is 0 Å². The van der Waals surface area contributed by atoms with Crippen molar-refractivity contribution in [2.45, 2.75) is 32.1 Å². The van der Waals surface area contributed by atoms with Gasteiger partial charge in [-0.3, -0.25) is 0 Å². The van der Waals surface area contributed by atoms with Crippen molar-refractivity contribution in [2.75, 3.05) is 0 Å². The Kier molecular flexibility index (Phi) is 1.37. The molecular weight excluding hydrogens is 166 g/mol. The number of hydrogen-bond donors (Lipinski definition) is 0. The summed E-state index contributed by atoms with van der Waals surface area (Å²) in [6.45, 7) is 2.10. The van der Waals surface area contributed by atoms with Crippen molar-refractivity contribution in [3.63, 3.8) is 0 Å². The molecular formula is C10H13NS. The molecule has 0 amide bonds. The molecule has 2 atom stereocenters. The van der Waals surface area contributed by atoms with Gasteiger partial charge in [-0.1, -0.05) is 0 Å². The maximum absolute atomic E-state index is 4.55. The van der Waals surface area contributed by atoms with Crippen LogP contribution in [-0.2, 0) is 0 Å². The molecule has 2 aliphatic rings. The minimum Gasteiger partial charge on any atom is -0.246 e. The second-order valence-corrected chi connectivity index (χ2v) is 5.20. The maximum Gasteiger partial charge on any atom is 0.0897 e. The van der Waals surface area contributed by atoms with E-state index in [4.69, 9.17) is 0 Å². The molecule has 64 valence electrons. The first-order valence-corrected chi connectivity index (χ1v) is 5.64. The van der Waals surface area contributed by atoms with Crippen LogP contribution in [0.3, 0.4) is 0 Å². The summed E-state index contributed by atoms with van der Waals surface area (Å²) in [5, 5.41) is 3.48. The highest BCUT2D eigenvalue weighted by Gasteiger charge is 2.48. The summed E-state index contributed by atoms with van der Waals surface area (Å²) in [6, 6.07) is 0. The lowest BCUT2D eigenvalue weighted by atomic mass is 10.2. The van der Waals surface area contributed by atoms with Gasteiger partial charge in [-0.05, 0) is 38.0 Å². The van der Waals surface area contributed by atoms with Crippen molar-refractivity contribution in [3.05, 3.63) is 16.1 Å². The number of nitrogens with zero attached hydrogens (tertiary/aromatic N) is 1. The largest absolute Gasteiger partial charge is 0.246 e. The Labute approximate surface area is 76.8 Å². The number of hydrogen-bond acceptors (Lipinski definition) is 2. The SMILES string of the molecule is Cc1nc(C2CC2C2CC2)cs1. The van der Waals surface area contributed by atoms with Crippen molar-refractivity contribution >= 4 is 11.3 Å². The average Bonchev–Trinajstić information content (AvgIpc) is 2.92. The second kappa shape index (κ2) is 2.32. The molecule has 0 radical (unpaired) electrons. The zero-order valence-corrected chi connectivity index (χ0v) is 8.10. The molecule has 1 heterocycles. The Morgan fingerprint density at radius 3 is 2.92 bits per heavy atom. The fourth-order valence-corrected chi connectivity index (χ4v) is 2.83. The molecule has 1 aromatic rings. The monoisotopic (exact) mass is 179 g/mol. The van der Waals surface area contributed by atoms with E-state index in [1.165, 1.54) is 30.0 Å². The Bertz CT molecular complexity index is 301. The smallest absolute Gasteiger partial charge is 0.0897 e. The van der Waals surface area contributed by atoms with E-state index in [9.17, 15) is 0 Å². The molecule has 0 bridgehead atoms. The van der Waals surface area contributed by atoms with Crippen molar-refractivity contribution in [1.29, 1.82) is 0 Å². The van der Waals surface area contributed by atoms with Crippen LogP contribution in [0.25, 0.3) is 0 Å². The topological polar surface area (TPSA) is 12.9 Å². The van der Waals surface area contributed by atoms with E-state index in [0.29, 0.717) is 0 Å². The molecule has 3 rings (SSSR count). The van der Waals surface area contributed by atoms with E-state index in [0.717, 1.165) is 17.8 Å². The third-order valence-corrected chi connectivity index (χ3v) is 3.88. The molecule has 2 heteroatoms. The summed E-state index contributed by atoms with van der Waals surface area (Å²) < 4.78 is 0. The van der Waals surface area contributed by atoms with Gasteiger partial charge in [0.2, 0.25) is 0 Å². The standard InChI is InChI=1S/C10H13NS/c1-6-11-10(5-12-6)9-4-8(9)7-2-3-7/h5,7-9H,2-4H2,1H3. The van der Waals surface area contributed by atoms with Crippen LogP contribution in [-0.4, -0.2) is 4.98 Å². The fraction of sp³-hybridized carbons (Fsp3) is 0.700. The van der Waals surface area contributed by atoms with Crippen LogP contribution >= 0.6 is 11.3 Å². The molecule has 0 spiro atoms. The van der Waals surface area contributed by atoms with Crippen LogP contribution in [0.2, 0.25) is 0 Å². The number of aromatic nitrogens is 1. The molecule has 2 fully saturated rings. The zero-order valence-electron chi connectivity index (χ0n) is 7.29. The Morgan fingerprint density at radius 2 is 2.33 bits per heavy atom. The molecule has 2 aliphatic carbocycles. The normalized spacial score (nSPS) is 33.8. The van der Waals surface area contributed by atoms with Crippen LogP contribution in [0, 0.1) is 18.8 Å².